The van der Waals surface area contributed by atoms with Crippen molar-refractivity contribution in [2.24, 2.45) is 0 Å². The fraction of sp³-hybridized carbons (Fsp3) is 0.966. The van der Waals surface area contributed by atoms with E-state index in [0.717, 1.165) is 0 Å². The highest BCUT2D eigenvalue weighted by Crippen LogP contribution is 2.35. The molecular formula is C29H54O16. The van der Waals surface area contributed by atoms with E-state index in [4.69, 9.17) is 71.1 Å². The van der Waals surface area contributed by atoms with Crippen molar-refractivity contribution in [2.45, 2.75) is 85.8 Å². The van der Waals surface area contributed by atoms with Crippen LogP contribution in [0.3, 0.4) is 0 Å². The van der Waals surface area contributed by atoms with E-state index < -0.39 is 85.8 Å². The Morgan fingerprint density at radius 1 is 0.556 bits per heavy atom. The van der Waals surface area contributed by atoms with E-state index in [-0.39, 0.29) is 19.8 Å². The summed E-state index contributed by atoms with van der Waals surface area (Å²) in [6.07, 6.45) is -10.8. The minimum atomic E-state index is -1.18. The normalized spacial score (nSPS) is 35.1. The smallest absolute Gasteiger partial charge is 0.187 e. The molecule has 2 aliphatic rings. The van der Waals surface area contributed by atoms with Gasteiger partial charge in [-0.3, -0.25) is 0 Å². The second-order valence-electron chi connectivity index (χ2n) is 10.5. The summed E-state index contributed by atoms with van der Waals surface area (Å²) in [5.74, 6) is 0. The maximum atomic E-state index is 12.0. The summed E-state index contributed by atoms with van der Waals surface area (Å²) in [6.45, 7) is 0.421. The number of hydrogen-bond donors (Lipinski definition) is 0. The Labute approximate surface area is 266 Å². The monoisotopic (exact) mass is 658 g/mol. The van der Waals surface area contributed by atoms with Gasteiger partial charge in [-0.2, -0.15) is 0 Å². The molecule has 0 aromatic carbocycles. The first-order chi connectivity index (χ1) is 21.8. The Morgan fingerprint density at radius 2 is 1.07 bits per heavy atom. The lowest BCUT2D eigenvalue weighted by Crippen LogP contribution is -2.67. The van der Waals surface area contributed by atoms with Crippen molar-refractivity contribution in [1.29, 1.82) is 0 Å². The number of rotatable bonds is 22. The molecule has 266 valence electrons. The quantitative estimate of drug-likeness (QED) is 0.137. The highest BCUT2D eigenvalue weighted by molar-refractivity contribution is 5.57. The largest absolute Gasteiger partial charge is 0.382 e. The van der Waals surface area contributed by atoms with Gasteiger partial charge in [0, 0.05) is 78.2 Å². The number of hydrogen-bond acceptors (Lipinski definition) is 16. The molecular weight excluding hydrogens is 604 g/mol. The van der Waals surface area contributed by atoms with Crippen molar-refractivity contribution in [2.75, 3.05) is 98.0 Å². The van der Waals surface area contributed by atoms with E-state index in [1.54, 1.807) is 28.4 Å². The average molecular weight is 659 g/mol. The van der Waals surface area contributed by atoms with Crippen LogP contribution in [0, 0.1) is 0 Å². The standard InChI is InChI=1S/C29H54O16/c1-31-13-17(35-5)23(20(36-6)16(12-30)34-4)44-29-27(25(40-10)22(38-8)19(43-29)15-33-3)45-28-26(41-11)24(39-9)21(37-7)18(42-28)14-32-2/h12,16-29H,13-15H2,1-11H3/t16-,17+,18+,19+,20+,21+,22+,23-,24-,25-,26+,27+,28-,29-/m0/s1. The fourth-order valence-electron chi connectivity index (χ4n) is 5.94. The van der Waals surface area contributed by atoms with Crippen molar-refractivity contribution >= 4 is 6.29 Å². The molecule has 2 aliphatic heterocycles. The van der Waals surface area contributed by atoms with Gasteiger partial charge < -0.3 is 75.8 Å². The van der Waals surface area contributed by atoms with Gasteiger partial charge in [-0.1, -0.05) is 0 Å². The van der Waals surface area contributed by atoms with Gasteiger partial charge in [-0.05, 0) is 0 Å². The van der Waals surface area contributed by atoms with Crippen LogP contribution in [0.1, 0.15) is 0 Å². The fourth-order valence-corrected chi connectivity index (χ4v) is 5.94. The lowest BCUT2D eigenvalue weighted by Gasteiger charge is -2.50. The van der Waals surface area contributed by atoms with Crippen LogP contribution in [0.5, 0.6) is 0 Å². The van der Waals surface area contributed by atoms with Crippen molar-refractivity contribution < 1.29 is 75.8 Å². The first-order valence-corrected chi connectivity index (χ1v) is 14.6. The third-order valence-electron chi connectivity index (χ3n) is 8.11. The van der Waals surface area contributed by atoms with Gasteiger partial charge in [0.2, 0.25) is 0 Å². The zero-order chi connectivity index (χ0) is 33.5. The first-order valence-electron chi connectivity index (χ1n) is 14.6. The zero-order valence-corrected chi connectivity index (χ0v) is 28.3. The van der Waals surface area contributed by atoms with E-state index in [1.807, 2.05) is 0 Å². The molecule has 0 amide bonds. The average Bonchev–Trinajstić information content (AvgIpc) is 3.05. The third-order valence-corrected chi connectivity index (χ3v) is 8.11. The van der Waals surface area contributed by atoms with Crippen LogP contribution in [-0.4, -0.2) is 190 Å². The Balaban J connectivity index is 2.62. The molecule has 2 heterocycles. The van der Waals surface area contributed by atoms with E-state index in [1.165, 1.54) is 49.8 Å². The van der Waals surface area contributed by atoms with Gasteiger partial charge in [-0.15, -0.1) is 0 Å². The van der Waals surface area contributed by atoms with Gasteiger partial charge in [0.15, 0.2) is 18.9 Å². The molecule has 0 aromatic rings. The van der Waals surface area contributed by atoms with Gasteiger partial charge >= 0.3 is 0 Å². The molecule has 0 radical (unpaired) electrons. The van der Waals surface area contributed by atoms with Gasteiger partial charge in [0.1, 0.15) is 73.2 Å². The van der Waals surface area contributed by atoms with Crippen molar-refractivity contribution in [1.82, 2.24) is 0 Å². The van der Waals surface area contributed by atoms with Crippen LogP contribution in [0.4, 0.5) is 0 Å². The second kappa shape index (κ2) is 21.1. The van der Waals surface area contributed by atoms with Crippen molar-refractivity contribution in [3.8, 4) is 0 Å². The minimum Gasteiger partial charge on any atom is -0.382 e. The van der Waals surface area contributed by atoms with E-state index in [0.29, 0.717) is 6.29 Å². The maximum Gasteiger partial charge on any atom is 0.187 e. The van der Waals surface area contributed by atoms with E-state index in [2.05, 4.69) is 0 Å². The number of aldehydes is 1. The summed E-state index contributed by atoms with van der Waals surface area (Å²) in [6, 6.07) is 0. The molecule has 2 rings (SSSR count). The Hall–Kier alpha value is -0.930. The molecule has 2 saturated heterocycles. The van der Waals surface area contributed by atoms with Crippen LogP contribution in [0.15, 0.2) is 0 Å². The number of carbonyl (C=O) groups is 1. The summed E-state index contributed by atoms with van der Waals surface area (Å²) in [5, 5.41) is 0. The van der Waals surface area contributed by atoms with Crippen LogP contribution in [0.2, 0.25) is 0 Å². The Bertz CT molecular complexity index is 793. The predicted molar refractivity (Wildman–Crippen MR) is 155 cm³/mol. The molecule has 14 atom stereocenters. The highest BCUT2D eigenvalue weighted by atomic mass is 16.8. The Morgan fingerprint density at radius 3 is 1.47 bits per heavy atom. The minimum absolute atomic E-state index is 0.0918. The van der Waals surface area contributed by atoms with Crippen LogP contribution in [0.25, 0.3) is 0 Å². The lowest BCUT2D eigenvalue weighted by molar-refractivity contribution is -0.383. The maximum absolute atomic E-state index is 12.0. The van der Waals surface area contributed by atoms with Crippen LogP contribution in [-0.2, 0) is 75.8 Å². The SMILES string of the molecule is COC[C@@H](OC)[C@H](O[C@@H]1O[C@H](COC)[C@@H](OC)[C@H](OC)[C@H]1O[C@@H]1O[C@H](COC)[C@@H](OC)[C@H](OC)[C@H]1OC)[C@H](OC)[C@H](C=O)OC. The number of methoxy groups -OCH3 is 11. The second-order valence-corrected chi connectivity index (χ2v) is 10.5. The molecule has 16 nitrogen and oxygen atoms in total. The summed E-state index contributed by atoms with van der Waals surface area (Å²) >= 11 is 0. The molecule has 2 fully saturated rings. The summed E-state index contributed by atoms with van der Waals surface area (Å²) in [4.78, 5) is 12.0. The predicted octanol–water partition coefficient (Wildman–Crippen LogP) is -0.535. The van der Waals surface area contributed by atoms with Crippen LogP contribution >= 0.6 is 0 Å². The van der Waals surface area contributed by atoms with E-state index in [9.17, 15) is 4.79 Å². The van der Waals surface area contributed by atoms with E-state index >= 15 is 0 Å². The zero-order valence-electron chi connectivity index (χ0n) is 28.3. The summed E-state index contributed by atoms with van der Waals surface area (Å²) in [5.41, 5.74) is 0. The van der Waals surface area contributed by atoms with Gasteiger partial charge in [0.05, 0.1) is 19.8 Å². The topological polar surface area (TPSA) is 156 Å². The molecule has 16 heteroatoms. The number of carbonyl (C=O) groups excluding carboxylic acids is 1. The first kappa shape index (κ1) is 40.2. The van der Waals surface area contributed by atoms with Crippen molar-refractivity contribution in [3.63, 3.8) is 0 Å². The van der Waals surface area contributed by atoms with Crippen molar-refractivity contribution in [3.05, 3.63) is 0 Å². The molecule has 0 unspecified atom stereocenters. The lowest BCUT2D eigenvalue weighted by atomic mass is 9.96. The third kappa shape index (κ3) is 9.81. The van der Waals surface area contributed by atoms with Gasteiger partial charge in [0.25, 0.3) is 0 Å². The molecule has 0 aliphatic carbocycles. The van der Waals surface area contributed by atoms with Crippen LogP contribution < -0.4 is 0 Å². The summed E-state index contributed by atoms with van der Waals surface area (Å²) < 4.78 is 88.4. The molecule has 0 N–H and O–H groups in total. The molecule has 0 bridgehead atoms. The highest BCUT2D eigenvalue weighted by Gasteiger charge is 2.55. The molecule has 0 saturated carbocycles. The Kier molecular flexibility index (Phi) is 18.9. The molecule has 0 aromatic heterocycles. The number of ether oxygens (including phenoxy) is 15. The summed E-state index contributed by atoms with van der Waals surface area (Å²) in [7, 11) is 16.6. The molecule has 0 spiro atoms. The molecule has 45 heavy (non-hydrogen) atoms. The van der Waals surface area contributed by atoms with Gasteiger partial charge in [-0.25, -0.2) is 0 Å².